The molecule has 0 radical (unpaired) electrons. The quantitative estimate of drug-likeness (QED) is 0.797. The van der Waals surface area contributed by atoms with E-state index in [4.69, 9.17) is 0 Å². The third-order valence-electron chi connectivity index (χ3n) is 3.24. The molecule has 104 valence electrons. The summed E-state index contributed by atoms with van der Waals surface area (Å²) in [6, 6.07) is 13.4. The van der Waals surface area contributed by atoms with Crippen LogP contribution in [-0.2, 0) is 6.18 Å². The van der Waals surface area contributed by atoms with Gasteiger partial charge in [0.1, 0.15) is 0 Å². The van der Waals surface area contributed by atoms with Gasteiger partial charge in [0.25, 0.3) is 0 Å². The number of hydrogen-bond donors (Lipinski definition) is 1. The second kappa shape index (κ2) is 5.05. The van der Waals surface area contributed by atoms with Crippen LogP contribution < -0.4 is 5.32 Å². The van der Waals surface area contributed by atoms with Gasteiger partial charge in [-0.3, -0.25) is 0 Å². The first kappa shape index (κ1) is 13.4. The molecular weight excluding hydrogens is 283 g/mol. The Bertz CT molecular complexity index is 607. The Morgan fingerprint density at radius 2 is 1.70 bits per heavy atom. The lowest BCUT2D eigenvalue weighted by Gasteiger charge is -2.26. The minimum atomic E-state index is -4.27. The van der Waals surface area contributed by atoms with Crippen molar-refractivity contribution < 1.29 is 13.2 Å². The fourth-order valence-electron chi connectivity index (χ4n) is 2.19. The van der Waals surface area contributed by atoms with Crippen LogP contribution in [0.5, 0.6) is 0 Å². The van der Waals surface area contributed by atoms with Crippen molar-refractivity contribution in [2.24, 2.45) is 0 Å². The van der Waals surface area contributed by atoms with E-state index in [1.807, 2.05) is 24.3 Å². The van der Waals surface area contributed by atoms with Crippen molar-refractivity contribution >= 4 is 17.4 Å². The summed E-state index contributed by atoms with van der Waals surface area (Å²) in [5.74, 6) is 0. The van der Waals surface area contributed by atoms with Gasteiger partial charge in [0.05, 0.1) is 10.8 Å². The van der Waals surface area contributed by atoms with Crippen LogP contribution in [0.15, 0.2) is 53.4 Å². The number of hydrogen-bond acceptors (Lipinski definition) is 2. The molecule has 1 aliphatic heterocycles. The molecule has 3 rings (SSSR count). The molecule has 2 aromatic rings. The van der Waals surface area contributed by atoms with Crippen molar-refractivity contribution in [1.29, 1.82) is 0 Å². The second-order valence-electron chi connectivity index (χ2n) is 4.60. The van der Waals surface area contributed by atoms with E-state index in [2.05, 4.69) is 5.32 Å². The summed E-state index contributed by atoms with van der Waals surface area (Å²) in [5.41, 5.74) is 1.39. The second-order valence-corrected chi connectivity index (χ2v) is 5.85. The Hall–Kier alpha value is -1.62. The Balaban J connectivity index is 1.81. The third kappa shape index (κ3) is 2.63. The number of alkyl halides is 3. The number of anilines is 1. The number of fused-ring (bicyclic) bond motifs is 1. The van der Waals surface area contributed by atoms with Crippen molar-refractivity contribution in [2.45, 2.75) is 16.3 Å². The van der Waals surface area contributed by atoms with Crippen LogP contribution in [-0.4, -0.2) is 6.54 Å². The van der Waals surface area contributed by atoms with Crippen molar-refractivity contribution in [3.63, 3.8) is 0 Å². The molecule has 1 atom stereocenters. The zero-order chi connectivity index (χ0) is 14.2. The van der Waals surface area contributed by atoms with Gasteiger partial charge in [0.15, 0.2) is 0 Å². The van der Waals surface area contributed by atoms with Crippen molar-refractivity contribution in [1.82, 2.24) is 0 Å². The van der Waals surface area contributed by atoms with Gasteiger partial charge in [-0.25, -0.2) is 0 Å². The number of halogens is 3. The summed E-state index contributed by atoms with van der Waals surface area (Å²) in [5, 5.41) is 3.44. The average Bonchev–Trinajstić information content (AvgIpc) is 2.46. The largest absolute Gasteiger partial charge is 0.416 e. The van der Waals surface area contributed by atoms with Gasteiger partial charge in [-0.15, -0.1) is 11.8 Å². The minimum Gasteiger partial charge on any atom is -0.383 e. The maximum atomic E-state index is 12.5. The number of para-hydroxylation sites is 1. The van der Waals surface area contributed by atoms with Gasteiger partial charge in [0, 0.05) is 17.1 Å². The number of rotatable bonds is 1. The Labute approximate surface area is 119 Å². The molecule has 1 aliphatic rings. The molecule has 0 spiro atoms. The van der Waals surface area contributed by atoms with Crippen LogP contribution in [0, 0.1) is 0 Å². The van der Waals surface area contributed by atoms with Crippen LogP contribution in [0.2, 0.25) is 0 Å². The highest BCUT2D eigenvalue weighted by molar-refractivity contribution is 7.99. The Kier molecular flexibility index (Phi) is 3.38. The molecule has 0 bridgehead atoms. The van der Waals surface area contributed by atoms with Crippen LogP contribution in [0.25, 0.3) is 0 Å². The zero-order valence-electron chi connectivity index (χ0n) is 10.4. The molecule has 0 aliphatic carbocycles. The molecule has 0 fully saturated rings. The smallest absolute Gasteiger partial charge is 0.383 e. The molecule has 0 amide bonds. The van der Waals surface area contributed by atoms with Gasteiger partial charge in [-0.05, 0) is 29.8 Å². The summed E-state index contributed by atoms with van der Waals surface area (Å²) in [7, 11) is 0. The summed E-state index contributed by atoms with van der Waals surface area (Å²) < 4.78 is 37.6. The predicted octanol–water partition coefficient (Wildman–Crippen LogP) is 4.96. The normalized spacial score (nSPS) is 18.2. The number of nitrogens with one attached hydrogen (secondary N) is 1. The van der Waals surface area contributed by atoms with Crippen LogP contribution in [0.4, 0.5) is 18.9 Å². The minimum absolute atomic E-state index is 0.132. The third-order valence-corrected chi connectivity index (χ3v) is 4.58. The van der Waals surface area contributed by atoms with E-state index in [0.717, 1.165) is 28.3 Å². The predicted molar refractivity (Wildman–Crippen MR) is 75.0 cm³/mol. The molecule has 20 heavy (non-hydrogen) atoms. The van der Waals surface area contributed by atoms with Crippen molar-refractivity contribution in [2.75, 3.05) is 11.9 Å². The van der Waals surface area contributed by atoms with Crippen LogP contribution >= 0.6 is 11.8 Å². The summed E-state index contributed by atoms with van der Waals surface area (Å²) in [4.78, 5) is 1.13. The molecule has 1 unspecified atom stereocenters. The summed E-state index contributed by atoms with van der Waals surface area (Å²) >= 11 is 1.68. The van der Waals surface area contributed by atoms with Gasteiger partial charge in [0.2, 0.25) is 0 Å². The first-order valence-electron chi connectivity index (χ1n) is 6.21. The van der Waals surface area contributed by atoms with E-state index in [1.165, 1.54) is 0 Å². The van der Waals surface area contributed by atoms with Crippen molar-refractivity contribution in [3.05, 3.63) is 59.7 Å². The van der Waals surface area contributed by atoms with E-state index >= 15 is 0 Å². The molecule has 2 aromatic carbocycles. The molecule has 0 saturated carbocycles. The SMILES string of the molecule is FC(F)(F)c1ccc(C2CNc3ccccc3S2)cc1. The average molecular weight is 295 g/mol. The Morgan fingerprint density at radius 3 is 2.40 bits per heavy atom. The fraction of sp³-hybridized carbons (Fsp3) is 0.200. The number of thioether (sulfide) groups is 1. The standard InChI is InChI=1S/C15H12F3NS/c16-15(17,18)11-7-5-10(6-8-11)14-9-19-12-3-1-2-4-13(12)20-14/h1-8,14,19H,9H2. The van der Waals surface area contributed by atoms with Gasteiger partial charge in [-0.1, -0.05) is 24.3 Å². The molecular formula is C15H12F3NS. The zero-order valence-corrected chi connectivity index (χ0v) is 11.3. The maximum Gasteiger partial charge on any atom is 0.416 e. The van der Waals surface area contributed by atoms with Gasteiger partial charge < -0.3 is 5.32 Å². The molecule has 1 heterocycles. The molecule has 1 nitrogen and oxygen atoms in total. The monoisotopic (exact) mass is 295 g/mol. The maximum absolute atomic E-state index is 12.5. The first-order chi connectivity index (χ1) is 9.54. The lowest BCUT2D eigenvalue weighted by Crippen LogP contribution is -2.15. The molecule has 0 saturated heterocycles. The van der Waals surface area contributed by atoms with E-state index in [0.29, 0.717) is 6.54 Å². The highest BCUT2D eigenvalue weighted by atomic mass is 32.2. The Morgan fingerprint density at radius 1 is 1.00 bits per heavy atom. The van der Waals surface area contributed by atoms with E-state index < -0.39 is 11.7 Å². The van der Waals surface area contributed by atoms with Crippen LogP contribution in [0.3, 0.4) is 0 Å². The highest BCUT2D eigenvalue weighted by Crippen LogP contribution is 2.43. The summed E-state index contributed by atoms with van der Waals surface area (Å²) in [6.45, 7) is 0.715. The van der Waals surface area contributed by atoms with Gasteiger partial charge in [-0.2, -0.15) is 13.2 Å². The fourth-order valence-corrected chi connectivity index (χ4v) is 3.38. The van der Waals surface area contributed by atoms with Gasteiger partial charge >= 0.3 is 6.18 Å². The highest BCUT2D eigenvalue weighted by Gasteiger charge is 2.30. The van der Waals surface area contributed by atoms with E-state index in [1.54, 1.807) is 23.9 Å². The number of benzene rings is 2. The first-order valence-corrected chi connectivity index (χ1v) is 7.09. The van der Waals surface area contributed by atoms with E-state index in [-0.39, 0.29) is 5.25 Å². The molecule has 0 aromatic heterocycles. The molecule has 5 heteroatoms. The van der Waals surface area contributed by atoms with Crippen LogP contribution in [0.1, 0.15) is 16.4 Å². The summed E-state index contributed by atoms with van der Waals surface area (Å²) in [6.07, 6.45) is -4.27. The van der Waals surface area contributed by atoms with Crippen molar-refractivity contribution in [3.8, 4) is 0 Å². The lowest BCUT2D eigenvalue weighted by atomic mass is 10.1. The lowest BCUT2D eigenvalue weighted by molar-refractivity contribution is -0.137. The molecule has 1 N–H and O–H groups in total. The topological polar surface area (TPSA) is 12.0 Å². The van der Waals surface area contributed by atoms with E-state index in [9.17, 15) is 13.2 Å².